The Morgan fingerprint density at radius 3 is 2.62 bits per heavy atom. The molecule has 0 aliphatic carbocycles. The Labute approximate surface area is 163 Å². The molecule has 26 heavy (non-hydrogen) atoms. The van der Waals surface area contributed by atoms with Crippen LogP contribution >= 0.6 is 15.9 Å². The Morgan fingerprint density at radius 1 is 1.31 bits per heavy atom. The molecule has 142 valence electrons. The van der Waals surface area contributed by atoms with Gasteiger partial charge in [-0.2, -0.15) is 5.10 Å². The van der Waals surface area contributed by atoms with Crippen LogP contribution in [-0.2, 0) is 0 Å². The fourth-order valence-corrected chi connectivity index (χ4v) is 3.39. The Bertz CT molecular complexity index is 726. The highest BCUT2D eigenvalue weighted by molar-refractivity contribution is 9.10. The fraction of sp³-hybridized carbons (Fsp3) is 0.474. The third-order valence-corrected chi connectivity index (χ3v) is 5.02. The number of nitrogens with zero attached hydrogens (tertiary/aromatic N) is 2. The maximum absolute atomic E-state index is 12.6. The van der Waals surface area contributed by atoms with Crippen LogP contribution in [0.1, 0.15) is 49.8 Å². The molecule has 2 N–H and O–H groups in total. The van der Waals surface area contributed by atoms with Crippen LogP contribution in [-0.4, -0.2) is 47.2 Å². The monoisotopic (exact) mass is 422 g/mol. The lowest BCUT2D eigenvalue weighted by Crippen LogP contribution is -2.28. The van der Waals surface area contributed by atoms with Gasteiger partial charge in [0.15, 0.2) is 5.69 Å². The standard InChI is InChI=1S/C19H27BrN4O2/c1-5-24(6-2)11-12-26-15-10-8-7-9-14(15)21-19(25)18-16(20)17(13(3)4)22-23-18/h7-10,13H,5-6,11-12H2,1-4H3,(H,21,25)(H,22,23). The fourth-order valence-electron chi connectivity index (χ4n) is 2.58. The molecule has 0 unspecified atom stereocenters. The molecule has 1 aromatic carbocycles. The van der Waals surface area contributed by atoms with Gasteiger partial charge in [0.2, 0.25) is 0 Å². The van der Waals surface area contributed by atoms with Gasteiger partial charge >= 0.3 is 0 Å². The number of hydrogen-bond acceptors (Lipinski definition) is 4. The number of halogens is 1. The predicted octanol–water partition coefficient (Wildman–Crippen LogP) is 4.27. The van der Waals surface area contributed by atoms with Gasteiger partial charge in [0.1, 0.15) is 12.4 Å². The van der Waals surface area contributed by atoms with Crippen LogP contribution in [0.3, 0.4) is 0 Å². The molecule has 6 nitrogen and oxygen atoms in total. The number of carbonyl (C=O) groups excluding carboxylic acids is 1. The first kappa shape index (κ1) is 20.5. The average Bonchev–Trinajstić information content (AvgIpc) is 3.02. The molecule has 1 heterocycles. The van der Waals surface area contributed by atoms with Crippen molar-refractivity contribution < 1.29 is 9.53 Å². The smallest absolute Gasteiger partial charge is 0.277 e. The molecule has 7 heteroatoms. The molecule has 0 spiro atoms. The number of likely N-dealkylation sites (N-methyl/N-ethyl adjacent to an activating group) is 1. The second-order valence-electron chi connectivity index (χ2n) is 6.28. The molecular formula is C19H27BrN4O2. The maximum Gasteiger partial charge on any atom is 0.277 e. The molecule has 0 saturated heterocycles. The number of carbonyl (C=O) groups is 1. The number of benzene rings is 1. The Morgan fingerprint density at radius 2 is 2.00 bits per heavy atom. The summed E-state index contributed by atoms with van der Waals surface area (Å²) in [6, 6.07) is 7.45. The van der Waals surface area contributed by atoms with E-state index in [2.05, 4.69) is 50.2 Å². The van der Waals surface area contributed by atoms with Crippen LogP contribution in [0.5, 0.6) is 5.75 Å². The SMILES string of the molecule is CCN(CC)CCOc1ccccc1NC(=O)c1n[nH]c(C(C)C)c1Br. The summed E-state index contributed by atoms with van der Waals surface area (Å²) in [5, 5.41) is 9.95. The summed E-state index contributed by atoms with van der Waals surface area (Å²) in [5.41, 5.74) is 1.88. The quantitative estimate of drug-likeness (QED) is 0.632. The van der Waals surface area contributed by atoms with E-state index in [1.807, 2.05) is 38.1 Å². The molecule has 0 bridgehead atoms. The second kappa shape index (κ2) is 9.73. The van der Waals surface area contributed by atoms with Crippen molar-refractivity contribution in [3.05, 3.63) is 40.1 Å². The zero-order valence-corrected chi connectivity index (χ0v) is 17.4. The van der Waals surface area contributed by atoms with Crippen molar-refractivity contribution in [2.24, 2.45) is 0 Å². The van der Waals surface area contributed by atoms with Crippen molar-refractivity contribution in [3.8, 4) is 5.75 Å². The summed E-state index contributed by atoms with van der Waals surface area (Å²) in [5.74, 6) is 0.623. The molecule has 0 aliphatic heterocycles. The van der Waals surface area contributed by atoms with Crippen molar-refractivity contribution >= 4 is 27.5 Å². The van der Waals surface area contributed by atoms with Gasteiger partial charge in [-0.05, 0) is 47.1 Å². The van der Waals surface area contributed by atoms with Crippen molar-refractivity contribution in [1.29, 1.82) is 0 Å². The third-order valence-electron chi connectivity index (χ3n) is 4.22. The van der Waals surface area contributed by atoms with E-state index in [4.69, 9.17) is 4.74 Å². The van der Waals surface area contributed by atoms with Gasteiger partial charge in [-0.1, -0.05) is 39.8 Å². The summed E-state index contributed by atoms with van der Waals surface area (Å²) in [6.07, 6.45) is 0. The highest BCUT2D eigenvalue weighted by atomic mass is 79.9. The lowest BCUT2D eigenvalue weighted by atomic mass is 10.1. The number of anilines is 1. The topological polar surface area (TPSA) is 70.2 Å². The van der Waals surface area contributed by atoms with Crippen LogP contribution < -0.4 is 10.1 Å². The molecular weight excluding hydrogens is 396 g/mol. The van der Waals surface area contributed by atoms with E-state index in [1.54, 1.807) is 0 Å². The van der Waals surface area contributed by atoms with E-state index in [0.29, 0.717) is 28.2 Å². The number of ether oxygens (including phenoxy) is 1. The van der Waals surface area contributed by atoms with Crippen molar-refractivity contribution in [1.82, 2.24) is 15.1 Å². The van der Waals surface area contributed by atoms with Gasteiger partial charge in [0.25, 0.3) is 5.91 Å². The number of amides is 1. The van der Waals surface area contributed by atoms with Gasteiger partial charge in [-0.3, -0.25) is 9.89 Å². The van der Waals surface area contributed by atoms with Gasteiger partial charge in [0, 0.05) is 6.54 Å². The predicted molar refractivity (Wildman–Crippen MR) is 108 cm³/mol. The summed E-state index contributed by atoms with van der Waals surface area (Å²) < 4.78 is 6.58. The summed E-state index contributed by atoms with van der Waals surface area (Å²) in [4.78, 5) is 14.9. The van der Waals surface area contributed by atoms with Gasteiger partial charge in [0.05, 0.1) is 15.9 Å². The van der Waals surface area contributed by atoms with E-state index in [0.717, 1.165) is 25.3 Å². The van der Waals surface area contributed by atoms with Crippen molar-refractivity contribution in [3.63, 3.8) is 0 Å². The molecule has 1 aromatic heterocycles. The molecule has 1 amide bonds. The minimum absolute atomic E-state index is 0.245. The first-order valence-electron chi connectivity index (χ1n) is 8.97. The number of hydrogen-bond donors (Lipinski definition) is 2. The number of aromatic nitrogens is 2. The first-order chi connectivity index (χ1) is 12.5. The number of nitrogens with one attached hydrogen (secondary N) is 2. The maximum atomic E-state index is 12.6. The zero-order valence-electron chi connectivity index (χ0n) is 15.8. The molecule has 2 aromatic rings. The van der Waals surface area contributed by atoms with E-state index in [-0.39, 0.29) is 11.8 Å². The normalized spacial score (nSPS) is 11.2. The number of aromatic amines is 1. The van der Waals surface area contributed by atoms with Crippen LogP contribution in [0.25, 0.3) is 0 Å². The van der Waals surface area contributed by atoms with Crippen LogP contribution in [0.4, 0.5) is 5.69 Å². The lowest BCUT2D eigenvalue weighted by molar-refractivity contribution is 0.102. The Hall–Kier alpha value is -1.86. The molecule has 0 saturated carbocycles. The number of H-pyrrole nitrogens is 1. The van der Waals surface area contributed by atoms with Gasteiger partial charge in [-0.15, -0.1) is 0 Å². The van der Waals surface area contributed by atoms with E-state index < -0.39 is 0 Å². The van der Waals surface area contributed by atoms with E-state index >= 15 is 0 Å². The van der Waals surface area contributed by atoms with Gasteiger partial charge < -0.3 is 15.0 Å². The van der Waals surface area contributed by atoms with Gasteiger partial charge in [-0.25, -0.2) is 0 Å². The largest absolute Gasteiger partial charge is 0.490 e. The molecule has 2 rings (SSSR count). The Balaban J connectivity index is 2.06. The Kier molecular flexibility index (Phi) is 7.66. The van der Waals surface area contributed by atoms with Crippen LogP contribution in [0, 0.1) is 0 Å². The minimum atomic E-state index is -0.278. The second-order valence-corrected chi connectivity index (χ2v) is 7.07. The number of rotatable bonds is 9. The van der Waals surface area contributed by atoms with Crippen molar-refractivity contribution in [2.45, 2.75) is 33.6 Å². The summed E-state index contributed by atoms with van der Waals surface area (Å²) >= 11 is 3.47. The van der Waals surface area contributed by atoms with Crippen LogP contribution in [0.15, 0.2) is 28.7 Å². The van der Waals surface area contributed by atoms with E-state index in [1.165, 1.54) is 0 Å². The molecule has 0 aliphatic rings. The van der Waals surface area contributed by atoms with Crippen LogP contribution in [0.2, 0.25) is 0 Å². The lowest BCUT2D eigenvalue weighted by Gasteiger charge is -2.19. The highest BCUT2D eigenvalue weighted by Gasteiger charge is 2.20. The summed E-state index contributed by atoms with van der Waals surface area (Å²) in [7, 11) is 0. The van der Waals surface area contributed by atoms with Crippen molar-refractivity contribution in [2.75, 3.05) is 31.6 Å². The minimum Gasteiger partial charge on any atom is -0.490 e. The molecule has 0 fully saturated rings. The van der Waals surface area contributed by atoms with E-state index in [9.17, 15) is 4.79 Å². The number of para-hydroxylation sites is 2. The molecule has 0 atom stereocenters. The third kappa shape index (κ3) is 5.08. The first-order valence-corrected chi connectivity index (χ1v) is 9.76. The zero-order chi connectivity index (χ0) is 19.1. The summed E-state index contributed by atoms with van der Waals surface area (Å²) in [6.45, 7) is 11.7. The highest BCUT2D eigenvalue weighted by Crippen LogP contribution is 2.28. The molecule has 0 radical (unpaired) electrons. The average molecular weight is 423 g/mol.